The Balaban J connectivity index is 1.47. The van der Waals surface area contributed by atoms with Crippen LogP contribution in [0.1, 0.15) is 6.92 Å². The fourth-order valence-electron chi connectivity index (χ4n) is 3.80. The first kappa shape index (κ1) is 16.9. The molecule has 7 nitrogen and oxygen atoms in total. The van der Waals surface area contributed by atoms with Crippen LogP contribution in [0.5, 0.6) is 5.75 Å². The van der Waals surface area contributed by atoms with Crippen molar-refractivity contribution in [1.82, 2.24) is 25.1 Å². The monoisotopic (exact) mass is 374 g/mol. The van der Waals surface area contributed by atoms with Gasteiger partial charge in [-0.3, -0.25) is 4.68 Å². The lowest BCUT2D eigenvalue weighted by Gasteiger charge is -2.40. The second-order valence-corrected chi connectivity index (χ2v) is 7.29. The molecule has 5 rings (SSSR count). The van der Waals surface area contributed by atoms with E-state index in [0.717, 1.165) is 53.1 Å². The number of likely N-dealkylation sites (N-methyl/N-ethyl adjacent to an activating group) is 1. The first-order valence-corrected chi connectivity index (χ1v) is 9.53. The number of pyridine rings is 2. The molecule has 1 fully saturated rings. The van der Waals surface area contributed by atoms with Crippen LogP contribution in [0, 0.1) is 0 Å². The maximum Gasteiger partial charge on any atom is 0.129 e. The zero-order chi connectivity index (χ0) is 19.3. The van der Waals surface area contributed by atoms with Gasteiger partial charge in [0.15, 0.2) is 0 Å². The van der Waals surface area contributed by atoms with Crippen molar-refractivity contribution >= 4 is 27.8 Å². The lowest BCUT2D eigenvalue weighted by Crippen LogP contribution is -2.58. The van der Waals surface area contributed by atoms with Crippen LogP contribution in [0.3, 0.4) is 0 Å². The number of anilines is 1. The van der Waals surface area contributed by atoms with Gasteiger partial charge in [0, 0.05) is 49.4 Å². The van der Waals surface area contributed by atoms with Gasteiger partial charge >= 0.3 is 0 Å². The van der Waals surface area contributed by atoms with E-state index in [9.17, 15) is 5.11 Å². The fraction of sp³-hybridized carbons (Fsp3) is 0.286. The summed E-state index contributed by atoms with van der Waals surface area (Å²) in [5.74, 6) is 1.16. The maximum absolute atomic E-state index is 10.5. The second-order valence-electron chi connectivity index (χ2n) is 7.29. The summed E-state index contributed by atoms with van der Waals surface area (Å²) >= 11 is 0. The molecule has 0 bridgehead atoms. The number of nitrogens with zero attached hydrogens (tertiary/aromatic N) is 5. The van der Waals surface area contributed by atoms with Crippen molar-refractivity contribution in [3.8, 4) is 17.0 Å². The van der Waals surface area contributed by atoms with Crippen LogP contribution in [-0.2, 0) is 7.05 Å². The molecule has 28 heavy (non-hydrogen) atoms. The number of fused-ring (bicyclic) bond motifs is 2. The van der Waals surface area contributed by atoms with E-state index >= 15 is 0 Å². The van der Waals surface area contributed by atoms with Gasteiger partial charge in [0.1, 0.15) is 11.6 Å². The molecule has 0 atom stereocenters. The molecular formula is C21H22N6O. The van der Waals surface area contributed by atoms with Gasteiger partial charge in [-0.1, -0.05) is 6.92 Å². The summed E-state index contributed by atoms with van der Waals surface area (Å²) < 4.78 is 1.74. The molecule has 0 aliphatic carbocycles. The molecule has 0 unspecified atom stereocenters. The number of aromatic nitrogens is 4. The van der Waals surface area contributed by atoms with E-state index < -0.39 is 0 Å². The quantitative estimate of drug-likeness (QED) is 0.572. The number of hydrogen-bond donors (Lipinski definition) is 2. The van der Waals surface area contributed by atoms with Crippen LogP contribution in [0.25, 0.3) is 33.2 Å². The second kappa shape index (κ2) is 6.45. The van der Waals surface area contributed by atoms with Crippen molar-refractivity contribution in [2.45, 2.75) is 13.0 Å². The Hall–Kier alpha value is -3.19. The number of nitrogens with one attached hydrogen (secondary N) is 1. The molecule has 7 heteroatoms. The van der Waals surface area contributed by atoms with Crippen molar-refractivity contribution in [3.63, 3.8) is 0 Å². The summed E-state index contributed by atoms with van der Waals surface area (Å²) in [7, 11) is 1.87. The zero-order valence-corrected chi connectivity index (χ0v) is 15.9. The molecular weight excluding hydrogens is 352 g/mol. The SMILES string of the molecule is CCNC1CN(c2ccc3nc(-c4cc5cn(C)nc5cc4O)ccc3n2)C1. The summed E-state index contributed by atoms with van der Waals surface area (Å²) in [5.41, 5.74) is 3.86. The summed E-state index contributed by atoms with van der Waals surface area (Å²) in [6, 6.07) is 12.1. The minimum Gasteiger partial charge on any atom is -0.507 e. The van der Waals surface area contributed by atoms with E-state index in [-0.39, 0.29) is 5.75 Å². The van der Waals surface area contributed by atoms with Crippen LogP contribution in [-0.4, -0.2) is 50.5 Å². The van der Waals surface area contributed by atoms with Crippen LogP contribution in [0.15, 0.2) is 42.6 Å². The van der Waals surface area contributed by atoms with Crippen LogP contribution in [0.2, 0.25) is 0 Å². The fourth-order valence-corrected chi connectivity index (χ4v) is 3.80. The molecule has 0 amide bonds. The molecule has 2 N–H and O–H groups in total. The molecule has 1 saturated heterocycles. The maximum atomic E-state index is 10.5. The minimum absolute atomic E-state index is 0.178. The summed E-state index contributed by atoms with van der Waals surface area (Å²) in [6.45, 7) is 5.09. The van der Waals surface area contributed by atoms with Crippen molar-refractivity contribution in [2.24, 2.45) is 7.05 Å². The van der Waals surface area contributed by atoms with Gasteiger partial charge in [-0.25, -0.2) is 9.97 Å². The predicted molar refractivity (Wildman–Crippen MR) is 111 cm³/mol. The zero-order valence-electron chi connectivity index (χ0n) is 15.9. The molecule has 3 aromatic heterocycles. The number of aromatic hydroxyl groups is 1. The molecule has 4 aromatic rings. The van der Waals surface area contributed by atoms with Gasteiger partial charge in [-0.2, -0.15) is 5.10 Å². The first-order chi connectivity index (χ1) is 13.6. The smallest absolute Gasteiger partial charge is 0.129 e. The summed E-state index contributed by atoms with van der Waals surface area (Å²) in [4.78, 5) is 11.8. The Labute approximate surface area is 162 Å². The van der Waals surface area contributed by atoms with E-state index in [1.165, 1.54) is 0 Å². The molecule has 0 spiro atoms. The standard InChI is InChI=1S/C21H22N6O/c1-3-22-14-11-27(12-14)21-7-6-17-18(24-21)5-4-16(23-17)15-8-13-10-26(2)25-19(13)9-20(15)28/h4-10,14,22,28H,3,11-12H2,1-2H3. The Morgan fingerprint density at radius 2 is 1.86 bits per heavy atom. The number of rotatable bonds is 4. The molecule has 0 radical (unpaired) electrons. The summed E-state index contributed by atoms with van der Waals surface area (Å²) in [6.07, 6.45) is 1.93. The van der Waals surface area contributed by atoms with Crippen molar-refractivity contribution in [2.75, 3.05) is 24.5 Å². The third-order valence-corrected chi connectivity index (χ3v) is 5.24. The Bertz CT molecular complexity index is 1180. The van der Waals surface area contributed by atoms with Crippen molar-refractivity contribution in [1.29, 1.82) is 0 Å². The predicted octanol–water partition coefficient (Wildman–Crippen LogP) is 2.69. The van der Waals surface area contributed by atoms with Crippen LogP contribution in [0.4, 0.5) is 5.82 Å². The van der Waals surface area contributed by atoms with Crippen LogP contribution >= 0.6 is 0 Å². The van der Waals surface area contributed by atoms with E-state index in [4.69, 9.17) is 9.97 Å². The molecule has 4 heterocycles. The molecule has 142 valence electrons. The topological polar surface area (TPSA) is 79.1 Å². The largest absolute Gasteiger partial charge is 0.507 e. The first-order valence-electron chi connectivity index (χ1n) is 9.53. The van der Waals surface area contributed by atoms with Gasteiger partial charge in [-0.15, -0.1) is 0 Å². The number of phenolic OH excluding ortho intramolecular Hbond substituents is 1. The molecule has 1 aliphatic rings. The molecule has 0 saturated carbocycles. The van der Waals surface area contributed by atoms with Gasteiger partial charge in [-0.05, 0) is 36.9 Å². The highest BCUT2D eigenvalue weighted by atomic mass is 16.3. The average Bonchev–Trinajstić information content (AvgIpc) is 3.01. The van der Waals surface area contributed by atoms with E-state index in [1.807, 2.05) is 43.6 Å². The lowest BCUT2D eigenvalue weighted by atomic mass is 10.1. The Morgan fingerprint density at radius 1 is 1.07 bits per heavy atom. The van der Waals surface area contributed by atoms with E-state index in [0.29, 0.717) is 11.6 Å². The lowest BCUT2D eigenvalue weighted by molar-refractivity contribution is 0.427. The highest BCUT2D eigenvalue weighted by Crippen LogP contribution is 2.33. The molecule has 1 aromatic carbocycles. The van der Waals surface area contributed by atoms with E-state index in [1.54, 1.807) is 10.7 Å². The van der Waals surface area contributed by atoms with Crippen molar-refractivity contribution in [3.05, 3.63) is 42.6 Å². The number of hydrogen-bond acceptors (Lipinski definition) is 6. The number of aryl methyl sites for hydroxylation is 1. The Morgan fingerprint density at radius 3 is 2.68 bits per heavy atom. The third-order valence-electron chi connectivity index (χ3n) is 5.24. The normalized spacial score (nSPS) is 14.7. The summed E-state index contributed by atoms with van der Waals surface area (Å²) in [5, 5.41) is 19.2. The average molecular weight is 374 g/mol. The van der Waals surface area contributed by atoms with Crippen molar-refractivity contribution < 1.29 is 5.11 Å². The number of benzene rings is 1. The van der Waals surface area contributed by atoms with Gasteiger partial charge in [0.2, 0.25) is 0 Å². The highest BCUT2D eigenvalue weighted by Gasteiger charge is 2.26. The van der Waals surface area contributed by atoms with Gasteiger partial charge < -0.3 is 15.3 Å². The highest BCUT2D eigenvalue weighted by molar-refractivity contribution is 5.88. The van der Waals surface area contributed by atoms with Crippen LogP contribution < -0.4 is 10.2 Å². The third kappa shape index (κ3) is 2.84. The van der Waals surface area contributed by atoms with Gasteiger partial charge in [0.25, 0.3) is 0 Å². The molecule has 1 aliphatic heterocycles. The van der Waals surface area contributed by atoms with E-state index in [2.05, 4.69) is 22.2 Å². The Kier molecular flexibility index (Phi) is 3.91. The minimum atomic E-state index is 0.178. The number of phenols is 1. The van der Waals surface area contributed by atoms with Gasteiger partial charge in [0.05, 0.1) is 22.2 Å².